The van der Waals surface area contributed by atoms with Crippen LogP contribution in [0.1, 0.15) is 29.7 Å². The molecule has 1 N–H and O–H groups in total. The number of carbonyl (C=O) groups excluding carboxylic acids is 1. The molecule has 0 spiro atoms. The molecule has 1 fully saturated rings. The monoisotopic (exact) mass is 496 g/mol. The molecule has 0 radical (unpaired) electrons. The fraction of sp³-hybridized carbons (Fsp3) is 0.276. The molecule has 3 heterocycles. The second kappa shape index (κ2) is 9.46. The highest BCUT2D eigenvalue weighted by Gasteiger charge is 2.38. The summed E-state index contributed by atoms with van der Waals surface area (Å²) < 4.78 is 12.9. The van der Waals surface area contributed by atoms with Crippen molar-refractivity contribution >= 4 is 27.8 Å². The van der Waals surface area contributed by atoms with Crippen molar-refractivity contribution in [3.63, 3.8) is 0 Å². The second-order valence-corrected chi connectivity index (χ2v) is 9.63. The molecule has 6 rings (SSSR count). The fourth-order valence-electron chi connectivity index (χ4n) is 5.16. The maximum Gasteiger partial charge on any atom is 0.226 e. The van der Waals surface area contributed by atoms with Crippen molar-refractivity contribution in [1.29, 1.82) is 0 Å². The molecule has 8 heteroatoms. The standard InChI is InChI=1S/C29H28N4O4/c1-36-19-21-6-2-4-8-24(21)33-18-27(30-31-33)29(35)12-14-32(15-13-29)28(34)17-20-10-11-26-23(16-20)22-7-3-5-9-25(22)37-26/h2-11,16,18,35H,12-15,17,19H2,1H3. The van der Waals surface area contributed by atoms with E-state index in [4.69, 9.17) is 9.15 Å². The number of likely N-dealkylation sites (tertiary alicyclic amines) is 1. The van der Waals surface area contributed by atoms with Crippen LogP contribution in [-0.2, 0) is 28.2 Å². The summed E-state index contributed by atoms with van der Waals surface area (Å²) in [5, 5.41) is 22.0. The topological polar surface area (TPSA) is 93.6 Å². The van der Waals surface area contributed by atoms with Crippen molar-refractivity contribution < 1.29 is 19.1 Å². The number of rotatable bonds is 6. The summed E-state index contributed by atoms with van der Waals surface area (Å²) in [4.78, 5) is 14.9. The molecule has 1 aliphatic heterocycles. The van der Waals surface area contributed by atoms with E-state index < -0.39 is 5.60 Å². The van der Waals surface area contributed by atoms with Crippen LogP contribution in [0.3, 0.4) is 0 Å². The quantitative estimate of drug-likeness (QED) is 0.375. The number of amides is 1. The number of fused-ring (bicyclic) bond motifs is 3. The summed E-state index contributed by atoms with van der Waals surface area (Å²) in [5.41, 5.74) is 3.84. The van der Waals surface area contributed by atoms with Crippen LogP contribution >= 0.6 is 0 Å². The Morgan fingerprint density at radius 1 is 1.03 bits per heavy atom. The molecule has 37 heavy (non-hydrogen) atoms. The van der Waals surface area contributed by atoms with Gasteiger partial charge in [0.25, 0.3) is 0 Å². The van der Waals surface area contributed by atoms with Crippen molar-refractivity contribution in [3.8, 4) is 5.69 Å². The largest absolute Gasteiger partial charge is 0.456 e. The van der Waals surface area contributed by atoms with Gasteiger partial charge in [-0.1, -0.05) is 47.7 Å². The van der Waals surface area contributed by atoms with Gasteiger partial charge in [0.2, 0.25) is 5.91 Å². The first-order valence-corrected chi connectivity index (χ1v) is 12.4. The van der Waals surface area contributed by atoms with Crippen molar-refractivity contribution in [2.24, 2.45) is 0 Å². The maximum atomic E-state index is 13.1. The number of aliphatic hydroxyl groups is 1. The van der Waals surface area contributed by atoms with Gasteiger partial charge in [-0.25, -0.2) is 4.68 Å². The highest BCUT2D eigenvalue weighted by atomic mass is 16.5. The normalized spacial score (nSPS) is 15.5. The van der Waals surface area contributed by atoms with E-state index in [-0.39, 0.29) is 5.91 Å². The van der Waals surface area contributed by atoms with E-state index in [0.717, 1.165) is 38.8 Å². The lowest BCUT2D eigenvalue weighted by Crippen LogP contribution is -2.45. The third kappa shape index (κ3) is 4.39. The SMILES string of the molecule is COCc1ccccc1-n1cc(C2(O)CCN(C(=O)Cc3ccc4oc5ccccc5c4c3)CC2)nn1. The van der Waals surface area contributed by atoms with Gasteiger partial charge in [-0.2, -0.15) is 0 Å². The Morgan fingerprint density at radius 2 is 1.78 bits per heavy atom. The smallest absolute Gasteiger partial charge is 0.226 e. The Labute approximate surface area is 214 Å². The molecule has 0 unspecified atom stereocenters. The Balaban J connectivity index is 1.14. The molecule has 1 saturated heterocycles. The molecule has 1 amide bonds. The molecular weight excluding hydrogens is 468 g/mol. The number of piperidine rings is 1. The average molecular weight is 497 g/mol. The number of nitrogens with zero attached hydrogens (tertiary/aromatic N) is 4. The highest BCUT2D eigenvalue weighted by molar-refractivity contribution is 6.05. The lowest BCUT2D eigenvalue weighted by atomic mass is 9.88. The Hall–Kier alpha value is -4.01. The van der Waals surface area contributed by atoms with E-state index in [1.54, 1.807) is 18.0 Å². The molecular formula is C29H28N4O4. The summed E-state index contributed by atoms with van der Waals surface area (Å²) in [6.45, 7) is 1.37. The van der Waals surface area contributed by atoms with Gasteiger partial charge in [-0.3, -0.25) is 4.79 Å². The Kier molecular flexibility index (Phi) is 5.98. The zero-order chi connectivity index (χ0) is 25.4. The summed E-state index contributed by atoms with van der Waals surface area (Å²) in [7, 11) is 1.65. The number of aromatic nitrogens is 3. The zero-order valence-corrected chi connectivity index (χ0v) is 20.6. The minimum atomic E-state index is -1.13. The number of ether oxygens (including phenoxy) is 1. The summed E-state index contributed by atoms with van der Waals surface area (Å²) >= 11 is 0. The molecule has 0 aliphatic carbocycles. The average Bonchev–Trinajstić information content (AvgIpc) is 3.55. The zero-order valence-electron chi connectivity index (χ0n) is 20.6. The van der Waals surface area contributed by atoms with Crippen molar-refractivity contribution in [2.45, 2.75) is 31.5 Å². The van der Waals surface area contributed by atoms with Crippen LogP contribution in [0.4, 0.5) is 0 Å². The van der Waals surface area contributed by atoms with E-state index in [1.807, 2.05) is 71.6 Å². The summed E-state index contributed by atoms with van der Waals surface area (Å²) in [6.07, 6.45) is 2.89. The van der Waals surface area contributed by atoms with Crippen LogP contribution in [-0.4, -0.2) is 51.1 Å². The van der Waals surface area contributed by atoms with E-state index in [9.17, 15) is 9.90 Å². The predicted octanol–water partition coefficient (Wildman–Crippen LogP) is 4.37. The summed E-state index contributed by atoms with van der Waals surface area (Å²) in [6, 6.07) is 21.6. The van der Waals surface area contributed by atoms with Crippen LogP contribution in [0.2, 0.25) is 0 Å². The van der Waals surface area contributed by atoms with Crippen molar-refractivity contribution in [2.75, 3.05) is 20.2 Å². The third-order valence-electron chi connectivity index (χ3n) is 7.25. The number of furan rings is 1. The predicted molar refractivity (Wildman–Crippen MR) is 139 cm³/mol. The van der Waals surface area contributed by atoms with Gasteiger partial charge in [-0.05, 0) is 42.7 Å². The molecule has 188 valence electrons. The molecule has 2 aromatic heterocycles. The van der Waals surface area contributed by atoms with Gasteiger partial charge >= 0.3 is 0 Å². The first-order valence-electron chi connectivity index (χ1n) is 12.4. The van der Waals surface area contributed by atoms with Crippen LogP contribution in [0.25, 0.3) is 27.6 Å². The lowest BCUT2D eigenvalue weighted by Gasteiger charge is -2.37. The van der Waals surface area contributed by atoms with Crippen LogP contribution in [0, 0.1) is 0 Å². The van der Waals surface area contributed by atoms with Gasteiger partial charge < -0.3 is 19.2 Å². The van der Waals surface area contributed by atoms with Gasteiger partial charge in [0, 0.05) is 36.5 Å². The number of hydrogen-bond donors (Lipinski definition) is 1. The second-order valence-electron chi connectivity index (χ2n) is 9.63. The maximum absolute atomic E-state index is 13.1. The van der Waals surface area contributed by atoms with Gasteiger partial charge in [-0.15, -0.1) is 5.10 Å². The Morgan fingerprint density at radius 3 is 2.62 bits per heavy atom. The van der Waals surface area contributed by atoms with Crippen LogP contribution in [0.5, 0.6) is 0 Å². The Bertz CT molecular complexity index is 1580. The first kappa shape index (κ1) is 23.4. The van der Waals surface area contributed by atoms with Crippen molar-refractivity contribution in [3.05, 3.63) is 89.7 Å². The van der Waals surface area contributed by atoms with Crippen molar-refractivity contribution in [1.82, 2.24) is 19.9 Å². The number of carbonyl (C=O) groups is 1. The van der Waals surface area contributed by atoms with Gasteiger partial charge in [0.15, 0.2) is 0 Å². The number of benzene rings is 3. The molecule has 8 nitrogen and oxygen atoms in total. The first-order chi connectivity index (χ1) is 18.0. The van der Waals surface area contributed by atoms with Gasteiger partial charge in [0.05, 0.1) is 24.9 Å². The summed E-state index contributed by atoms with van der Waals surface area (Å²) in [5.74, 6) is 0.0475. The molecule has 3 aromatic carbocycles. The molecule has 0 atom stereocenters. The van der Waals surface area contributed by atoms with Crippen LogP contribution in [0.15, 0.2) is 77.3 Å². The van der Waals surface area contributed by atoms with E-state index in [2.05, 4.69) is 10.3 Å². The highest BCUT2D eigenvalue weighted by Crippen LogP contribution is 2.33. The third-order valence-corrected chi connectivity index (χ3v) is 7.25. The number of para-hydroxylation sites is 2. The lowest BCUT2D eigenvalue weighted by molar-refractivity contribution is -0.135. The van der Waals surface area contributed by atoms with Crippen LogP contribution < -0.4 is 0 Å². The van der Waals surface area contributed by atoms with E-state index in [0.29, 0.717) is 44.7 Å². The number of hydrogen-bond acceptors (Lipinski definition) is 6. The molecule has 0 saturated carbocycles. The molecule has 0 bridgehead atoms. The van der Waals surface area contributed by atoms with Gasteiger partial charge in [0.1, 0.15) is 22.5 Å². The molecule has 1 aliphatic rings. The van der Waals surface area contributed by atoms with E-state index >= 15 is 0 Å². The minimum absolute atomic E-state index is 0.0475. The fourth-order valence-corrected chi connectivity index (χ4v) is 5.16. The number of methoxy groups -OCH3 is 1. The van der Waals surface area contributed by atoms with E-state index in [1.165, 1.54) is 0 Å². The minimum Gasteiger partial charge on any atom is -0.456 e. The molecule has 5 aromatic rings.